The van der Waals surface area contributed by atoms with E-state index in [2.05, 4.69) is 10.4 Å². The third-order valence-electron chi connectivity index (χ3n) is 3.81. The summed E-state index contributed by atoms with van der Waals surface area (Å²) in [5.41, 5.74) is 1.90. The van der Waals surface area contributed by atoms with E-state index in [1.807, 2.05) is 0 Å². The summed E-state index contributed by atoms with van der Waals surface area (Å²) in [4.78, 5) is 24.1. The molecular weight excluding hydrogens is 391 g/mol. The van der Waals surface area contributed by atoms with E-state index in [4.69, 9.17) is 27.9 Å². The SMILES string of the molecule is CCOC(=O)c1ccn(-c2ccc(NC(=O)c3cc(Cl)c(Cl)n3C)cc2)n1. The van der Waals surface area contributed by atoms with Gasteiger partial charge in [-0.15, -0.1) is 0 Å². The van der Waals surface area contributed by atoms with Crippen molar-refractivity contribution >= 4 is 40.8 Å². The van der Waals surface area contributed by atoms with Gasteiger partial charge in [-0.3, -0.25) is 4.79 Å². The molecule has 27 heavy (non-hydrogen) atoms. The Morgan fingerprint density at radius 3 is 2.48 bits per heavy atom. The summed E-state index contributed by atoms with van der Waals surface area (Å²) in [5.74, 6) is -0.803. The summed E-state index contributed by atoms with van der Waals surface area (Å²) >= 11 is 11.9. The maximum absolute atomic E-state index is 12.4. The zero-order valence-electron chi connectivity index (χ0n) is 14.6. The van der Waals surface area contributed by atoms with Crippen molar-refractivity contribution < 1.29 is 14.3 Å². The molecule has 2 aromatic heterocycles. The topological polar surface area (TPSA) is 78.1 Å². The van der Waals surface area contributed by atoms with E-state index in [1.165, 1.54) is 10.6 Å². The molecule has 0 aliphatic carbocycles. The minimum absolute atomic E-state index is 0.228. The van der Waals surface area contributed by atoms with Crippen LogP contribution in [0.25, 0.3) is 5.69 Å². The Labute approximate surface area is 165 Å². The maximum Gasteiger partial charge on any atom is 0.358 e. The Morgan fingerprint density at radius 1 is 1.19 bits per heavy atom. The van der Waals surface area contributed by atoms with Crippen molar-refractivity contribution in [1.82, 2.24) is 14.3 Å². The molecule has 0 atom stereocenters. The Balaban J connectivity index is 1.73. The number of aromatic nitrogens is 3. The van der Waals surface area contributed by atoms with Gasteiger partial charge >= 0.3 is 5.97 Å². The Morgan fingerprint density at radius 2 is 1.89 bits per heavy atom. The Bertz CT molecular complexity index is 993. The molecule has 0 aliphatic heterocycles. The molecule has 9 heteroatoms. The van der Waals surface area contributed by atoms with Gasteiger partial charge in [0.25, 0.3) is 5.91 Å². The molecule has 0 radical (unpaired) electrons. The van der Waals surface area contributed by atoms with Crippen molar-refractivity contribution in [2.45, 2.75) is 6.92 Å². The fraction of sp³-hybridized carbons (Fsp3) is 0.167. The third-order valence-corrected chi connectivity index (χ3v) is 4.65. The predicted octanol–water partition coefficient (Wildman–Crippen LogP) is 3.95. The summed E-state index contributed by atoms with van der Waals surface area (Å²) in [7, 11) is 1.66. The number of nitrogens with zero attached hydrogens (tertiary/aromatic N) is 3. The molecule has 0 saturated heterocycles. The summed E-state index contributed by atoms with van der Waals surface area (Å²) in [5, 5.41) is 7.58. The van der Waals surface area contributed by atoms with Crippen LogP contribution < -0.4 is 5.32 Å². The maximum atomic E-state index is 12.4. The highest BCUT2D eigenvalue weighted by molar-refractivity contribution is 6.42. The number of carbonyl (C=O) groups excluding carboxylic acids is 2. The van der Waals surface area contributed by atoms with E-state index in [-0.39, 0.29) is 18.2 Å². The minimum atomic E-state index is -0.472. The predicted molar refractivity (Wildman–Crippen MR) is 103 cm³/mol. The van der Waals surface area contributed by atoms with E-state index < -0.39 is 5.97 Å². The molecule has 1 amide bonds. The normalized spacial score (nSPS) is 10.7. The number of esters is 1. The molecule has 1 aromatic carbocycles. The first kappa shape index (κ1) is 19.0. The number of hydrogen-bond acceptors (Lipinski definition) is 4. The van der Waals surface area contributed by atoms with Crippen LogP contribution in [0, 0.1) is 0 Å². The quantitative estimate of drug-likeness (QED) is 0.650. The Hall–Kier alpha value is -2.77. The molecule has 140 valence electrons. The van der Waals surface area contributed by atoms with Crippen molar-refractivity contribution in [3.8, 4) is 5.69 Å². The van der Waals surface area contributed by atoms with Crippen LogP contribution in [-0.2, 0) is 11.8 Å². The van der Waals surface area contributed by atoms with Gasteiger partial charge in [0.2, 0.25) is 0 Å². The first-order valence-electron chi connectivity index (χ1n) is 8.06. The molecule has 7 nitrogen and oxygen atoms in total. The molecule has 1 N–H and O–H groups in total. The second-order valence-corrected chi connectivity index (χ2v) is 6.36. The lowest BCUT2D eigenvalue weighted by atomic mass is 10.2. The highest BCUT2D eigenvalue weighted by Crippen LogP contribution is 2.25. The van der Waals surface area contributed by atoms with Crippen LogP contribution in [0.4, 0.5) is 5.69 Å². The van der Waals surface area contributed by atoms with Crippen molar-refractivity contribution in [3.05, 3.63) is 64.2 Å². The summed E-state index contributed by atoms with van der Waals surface area (Å²) in [6, 6.07) is 10.1. The lowest BCUT2D eigenvalue weighted by molar-refractivity contribution is 0.0519. The second-order valence-electron chi connectivity index (χ2n) is 5.59. The molecule has 0 aliphatic rings. The number of rotatable bonds is 5. The molecule has 0 bridgehead atoms. The molecule has 0 fully saturated rings. The van der Waals surface area contributed by atoms with Gasteiger partial charge in [0.1, 0.15) is 10.8 Å². The lowest BCUT2D eigenvalue weighted by Crippen LogP contribution is -2.15. The van der Waals surface area contributed by atoms with Gasteiger partial charge in [-0.2, -0.15) is 5.10 Å². The van der Waals surface area contributed by atoms with Crippen molar-refractivity contribution in [2.75, 3.05) is 11.9 Å². The number of hydrogen-bond donors (Lipinski definition) is 1. The monoisotopic (exact) mass is 406 g/mol. The van der Waals surface area contributed by atoms with Gasteiger partial charge in [-0.05, 0) is 43.3 Å². The van der Waals surface area contributed by atoms with Crippen LogP contribution in [0.15, 0.2) is 42.6 Å². The number of anilines is 1. The lowest BCUT2D eigenvalue weighted by Gasteiger charge is -2.08. The molecule has 2 heterocycles. The zero-order chi connectivity index (χ0) is 19.6. The molecule has 3 aromatic rings. The summed E-state index contributed by atoms with van der Waals surface area (Å²) < 4.78 is 7.98. The van der Waals surface area contributed by atoms with E-state index >= 15 is 0 Å². The van der Waals surface area contributed by atoms with Crippen molar-refractivity contribution in [2.24, 2.45) is 7.05 Å². The van der Waals surface area contributed by atoms with Gasteiger partial charge in [-0.1, -0.05) is 23.2 Å². The van der Waals surface area contributed by atoms with Gasteiger partial charge in [-0.25, -0.2) is 9.48 Å². The first-order chi connectivity index (χ1) is 12.9. The number of amides is 1. The second kappa shape index (κ2) is 7.85. The zero-order valence-corrected chi connectivity index (χ0v) is 16.1. The Kier molecular flexibility index (Phi) is 5.53. The summed E-state index contributed by atoms with van der Waals surface area (Å²) in [6.07, 6.45) is 1.66. The largest absolute Gasteiger partial charge is 0.461 e. The average Bonchev–Trinajstić information content (AvgIpc) is 3.24. The smallest absolute Gasteiger partial charge is 0.358 e. The number of nitrogens with one attached hydrogen (secondary N) is 1. The van der Waals surface area contributed by atoms with Crippen molar-refractivity contribution in [1.29, 1.82) is 0 Å². The number of carbonyl (C=O) groups is 2. The van der Waals surface area contributed by atoms with E-state index in [0.717, 1.165) is 5.69 Å². The number of ether oxygens (including phenoxy) is 1. The number of benzene rings is 1. The molecule has 3 rings (SSSR count). The fourth-order valence-corrected chi connectivity index (χ4v) is 2.81. The van der Waals surface area contributed by atoms with Crippen LogP contribution in [0.3, 0.4) is 0 Å². The number of halogens is 2. The van der Waals surface area contributed by atoms with Crippen LogP contribution in [0.2, 0.25) is 10.2 Å². The summed E-state index contributed by atoms with van der Waals surface area (Å²) in [6.45, 7) is 2.02. The van der Waals surface area contributed by atoms with E-state index in [9.17, 15) is 9.59 Å². The van der Waals surface area contributed by atoms with Crippen LogP contribution in [-0.4, -0.2) is 32.8 Å². The average molecular weight is 407 g/mol. The van der Waals surface area contributed by atoms with Crippen LogP contribution in [0.5, 0.6) is 0 Å². The third kappa shape index (κ3) is 3.99. The highest BCUT2D eigenvalue weighted by atomic mass is 35.5. The standard InChI is InChI=1S/C18H16Cl2N4O3/c1-3-27-18(26)14-8-9-24(22-14)12-6-4-11(5-7-12)21-17(25)15-10-13(19)16(20)23(15)2/h4-10H,3H2,1-2H3,(H,21,25). The van der Waals surface area contributed by atoms with Gasteiger partial charge in [0, 0.05) is 18.9 Å². The first-order valence-corrected chi connectivity index (χ1v) is 8.81. The molecular formula is C18H16Cl2N4O3. The highest BCUT2D eigenvalue weighted by Gasteiger charge is 2.16. The fourth-order valence-electron chi connectivity index (χ4n) is 2.43. The minimum Gasteiger partial charge on any atom is -0.461 e. The van der Waals surface area contributed by atoms with Gasteiger partial charge in [0.05, 0.1) is 17.3 Å². The van der Waals surface area contributed by atoms with Crippen molar-refractivity contribution in [3.63, 3.8) is 0 Å². The van der Waals surface area contributed by atoms with Crippen LogP contribution >= 0.6 is 23.2 Å². The molecule has 0 saturated carbocycles. The van der Waals surface area contributed by atoms with E-state index in [0.29, 0.717) is 21.6 Å². The molecule has 0 spiro atoms. The van der Waals surface area contributed by atoms with Gasteiger partial charge < -0.3 is 14.6 Å². The molecule has 0 unspecified atom stereocenters. The van der Waals surface area contributed by atoms with Gasteiger partial charge in [0.15, 0.2) is 5.69 Å². The van der Waals surface area contributed by atoms with Crippen LogP contribution in [0.1, 0.15) is 27.9 Å². The van der Waals surface area contributed by atoms with E-state index in [1.54, 1.807) is 55.2 Å².